The number of anilines is 1. The summed E-state index contributed by atoms with van der Waals surface area (Å²) in [6, 6.07) is 18.2. The predicted octanol–water partition coefficient (Wildman–Crippen LogP) is 4.67. The summed E-state index contributed by atoms with van der Waals surface area (Å²) < 4.78 is 40.6. The Labute approximate surface area is 232 Å². The van der Waals surface area contributed by atoms with E-state index in [2.05, 4.69) is 5.32 Å². The fourth-order valence-electron chi connectivity index (χ4n) is 3.95. The molecule has 0 aromatic heterocycles. The first-order valence-corrected chi connectivity index (χ1v) is 14.4. The van der Waals surface area contributed by atoms with E-state index in [0.29, 0.717) is 16.4 Å². The first-order chi connectivity index (χ1) is 18.0. The maximum Gasteiger partial charge on any atom is 0.244 e. The van der Waals surface area contributed by atoms with Gasteiger partial charge < -0.3 is 10.2 Å². The minimum Gasteiger partial charge on any atom is -0.355 e. The van der Waals surface area contributed by atoms with E-state index in [0.717, 1.165) is 17.9 Å². The van der Waals surface area contributed by atoms with Gasteiger partial charge in [-0.3, -0.25) is 13.9 Å². The number of amides is 2. The molecule has 0 unspecified atom stereocenters. The van der Waals surface area contributed by atoms with Crippen molar-refractivity contribution >= 4 is 50.7 Å². The second-order valence-corrected chi connectivity index (χ2v) is 11.3. The van der Waals surface area contributed by atoms with Crippen LogP contribution in [0.5, 0.6) is 0 Å². The number of nitrogens with one attached hydrogen (secondary N) is 1. The Kier molecular flexibility index (Phi) is 10.1. The van der Waals surface area contributed by atoms with E-state index in [1.807, 2.05) is 30.3 Å². The van der Waals surface area contributed by atoms with Gasteiger partial charge in [-0.15, -0.1) is 0 Å². The second kappa shape index (κ2) is 13.1. The molecule has 3 aromatic carbocycles. The highest BCUT2D eigenvalue weighted by Gasteiger charge is 2.34. The molecular weight excluding hydrogens is 552 g/mol. The molecule has 3 aromatic rings. The van der Waals surface area contributed by atoms with E-state index in [1.54, 1.807) is 25.1 Å². The standard InChI is InChI=1S/C27H28Cl2FN3O4S/c1-3-31-27(35)25(16-19-10-5-4-6-11-19)32(17-20-21(28)12-9-13-22(20)29)26(34)18-33(38(2,36)37)24-15-8-7-14-23(24)30/h4-15,25H,3,16-18H2,1-2H3,(H,31,35)/t25-/m0/s1. The lowest BCUT2D eigenvalue weighted by Crippen LogP contribution is -2.53. The third-order valence-electron chi connectivity index (χ3n) is 5.81. The number of rotatable bonds is 11. The lowest BCUT2D eigenvalue weighted by molar-refractivity contribution is -0.140. The summed E-state index contributed by atoms with van der Waals surface area (Å²) in [7, 11) is -4.08. The molecule has 11 heteroatoms. The zero-order chi connectivity index (χ0) is 27.9. The molecule has 0 heterocycles. The monoisotopic (exact) mass is 579 g/mol. The summed E-state index contributed by atoms with van der Waals surface area (Å²) in [5, 5.41) is 3.30. The van der Waals surface area contributed by atoms with Crippen LogP contribution in [-0.4, -0.2) is 50.5 Å². The maximum absolute atomic E-state index is 14.6. The Hall–Kier alpha value is -3.14. The Morgan fingerprint density at radius 1 is 0.947 bits per heavy atom. The highest BCUT2D eigenvalue weighted by atomic mass is 35.5. The van der Waals surface area contributed by atoms with E-state index in [9.17, 15) is 22.4 Å². The molecule has 0 bridgehead atoms. The van der Waals surface area contributed by atoms with Gasteiger partial charge in [-0.05, 0) is 36.8 Å². The van der Waals surface area contributed by atoms with Gasteiger partial charge in [-0.1, -0.05) is 71.7 Å². The lowest BCUT2D eigenvalue weighted by atomic mass is 10.0. The van der Waals surface area contributed by atoms with Crippen LogP contribution in [0.4, 0.5) is 10.1 Å². The summed E-state index contributed by atoms with van der Waals surface area (Å²) in [4.78, 5) is 28.4. The van der Waals surface area contributed by atoms with Crippen molar-refractivity contribution in [1.82, 2.24) is 10.2 Å². The van der Waals surface area contributed by atoms with Crippen LogP contribution in [0.2, 0.25) is 10.0 Å². The lowest BCUT2D eigenvalue weighted by Gasteiger charge is -2.33. The molecule has 1 atom stereocenters. The van der Waals surface area contributed by atoms with Crippen molar-refractivity contribution in [3.8, 4) is 0 Å². The largest absolute Gasteiger partial charge is 0.355 e. The quantitative estimate of drug-likeness (QED) is 0.357. The van der Waals surface area contributed by atoms with Crippen LogP contribution in [-0.2, 0) is 32.6 Å². The van der Waals surface area contributed by atoms with Gasteiger partial charge in [0.2, 0.25) is 21.8 Å². The van der Waals surface area contributed by atoms with Crippen LogP contribution in [0.1, 0.15) is 18.1 Å². The number of likely N-dealkylation sites (N-methyl/N-ethyl adjacent to an activating group) is 1. The number of carbonyl (C=O) groups excluding carboxylic acids is 2. The van der Waals surface area contributed by atoms with Crippen molar-refractivity contribution in [3.63, 3.8) is 0 Å². The zero-order valence-corrected chi connectivity index (χ0v) is 23.2. The van der Waals surface area contributed by atoms with E-state index in [4.69, 9.17) is 23.2 Å². The van der Waals surface area contributed by atoms with Gasteiger partial charge in [0.25, 0.3) is 0 Å². The fraction of sp³-hybridized carbons (Fsp3) is 0.259. The molecule has 0 saturated heterocycles. The van der Waals surface area contributed by atoms with Crippen LogP contribution in [0.3, 0.4) is 0 Å². The van der Waals surface area contributed by atoms with Crippen LogP contribution in [0, 0.1) is 5.82 Å². The molecule has 0 aliphatic rings. The number of sulfonamides is 1. The SMILES string of the molecule is CCNC(=O)[C@H](Cc1ccccc1)N(Cc1c(Cl)cccc1Cl)C(=O)CN(c1ccccc1F)S(C)(=O)=O. The van der Waals surface area contributed by atoms with Crippen molar-refractivity contribution in [3.05, 3.63) is 99.8 Å². The molecule has 1 N–H and O–H groups in total. The molecule has 3 rings (SSSR count). The van der Waals surface area contributed by atoms with Crippen molar-refractivity contribution in [2.75, 3.05) is 23.7 Å². The highest BCUT2D eigenvalue weighted by Crippen LogP contribution is 2.28. The number of nitrogens with zero attached hydrogens (tertiary/aromatic N) is 2. The Morgan fingerprint density at radius 2 is 1.55 bits per heavy atom. The molecular formula is C27H28Cl2FN3O4S. The second-order valence-electron chi connectivity index (χ2n) is 8.54. The molecule has 0 aliphatic carbocycles. The van der Waals surface area contributed by atoms with E-state index >= 15 is 0 Å². The molecule has 7 nitrogen and oxygen atoms in total. The molecule has 0 fully saturated rings. The predicted molar refractivity (Wildman–Crippen MR) is 148 cm³/mol. The van der Waals surface area contributed by atoms with Crippen LogP contribution in [0.25, 0.3) is 0 Å². The van der Waals surface area contributed by atoms with Crippen molar-refractivity contribution < 1.29 is 22.4 Å². The molecule has 2 amide bonds. The van der Waals surface area contributed by atoms with E-state index in [-0.39, 0.29) is 28.7 Å². The summed E-state index contributed by atoms with van der Waals surface area (Å²) >= 11 is 12.8. The smallest absolute Gasteiger partial charge is 0.244 e. The molecule has 0 saturated carbocycles. The number of halogens is 3. The van der Waals surface area contributed by atoms with Crippen LogP contribution in [0.15, 0.2) is 72.8 Å². The summed E-state index contributed by atoms with van der Waals surface area (Å²) in [6.07, 6.45) is 1.02. The third kappa shape index (κ3) is 7.46. The topological polar surface area (TPSA) is 86.8 Å². The number of hydrogen-bond acceptors (Lipinski definition) is 4. The Bertz CT molecular complexity index is 1370. The normalized spacial score (nSPS) is 12.0. The molecule has 0 spiro atoms. The summed E-state index contributed by atoms with van der Waals surface area (Å²) in [6.45, 7) is 1.13. The van der Waals surface area contributed by atoms with E-state index < -0.39 is 40.2 Å². The van der Waals surface area contributed by atoms with E-state index in [1.165, 1.54) is 23.1 Å². The van der Waals surface area contributed by atoms with Crippen LogP contribution >= 0.6 is 23.2 Å². The maximum atomic E-state index is 14.6. The average molecular weight is 581 g/mol. The molecule has 202 valence electrons. The Balaban J connectivity index is 2.10. The van der Waals surface area contributed by atoms with Crippen LogP contribution < -0.4 is 9.62 Å². The van der Waals surface area contributed by atoms with Gasteiger partial charge in [-0.25, -0.2) is 12.8 Å². The fourth-order valence-corrected chi connectivity index (χ4v) is 5.32. The zero-order valence-electron chi connectivity index (χ0n) is 20.9. The number of hydrogen-bond donors (Lipinski definition) is 1. The first kappa shape index (κ1) is 29.4. The summed E-state index contributed by atoms with van der Waals surface area (Å²) in [5.41, 5.74) is 0.890. The van der Waals surface area contributed by atoms with Crippen molar-refractivity contribution in [2.45, 2.75) is 25.9 Å². The van der Waals surface area contributed by atoms with Gasteiger partial charge in [0.15, 0.2) is 0 Å². The Morgan fingerprint density at radius 3 is 2.13 bits per heavy atom. The number of benzene rings is 3. The third-order valence-corrected chi connectivity index (χ3v) is 7.65. The molecule has 0 radical (unpaired) electrons. The molecule has 0 aliphatic heterocycles. The minimum atomic E-state index is -4.08. The average Bonchev–Trinajstić information content (AvgIpc) is 2.86. The number of para-hydroxylation sites is 1. The highest BCUT2D eigenvalue weighted by molar-refractivity contribution is 7.92. The molecule has 38 heavy (non-hydrogen) atoms. The minimum absolute atomic E-state index is 0.138. The van der Waals surface area contributed by atoms with Gasteiger partial charge in [-0.2, -0.15) is 0 Å². The van der Waals surface area contributed by atoms with Crippen molar-refractivity contribution in [2.24, 2.45) is 0 Å². The summed E-state index contributed by atoms with van der Waals surface area (Å²) in [5.74, 6) is -1.98. The van der Waals surface area contributed by atoms with Gasteiger partial charge in [0.1, 0.15) is 18.4 Å². The number of carbonyl (C=O) groups is 2. The van der Waals surface area contributed by atoms with Gasteiger partial charge in [0, 0.05) is 35.1 Å². The van der Waals surface area contributed by atoms with Gasteiger partial charge in [0.05, 0.1) is 11.9 Å². The van der Waals surface area contributed by atoms with Crippen molar-refractivity contribution in [1.29, 1.82) is 0 Å². The van der Waals surface area contributed by atoms with Gasteiger partial charge >= 0.3 is 0 Å². The first-order valence-electron chi connectivity index (χ1n) is 11.8.